The van der Waals surface area contributed by atoms with E-state index in [1.54, 1.807) is 18.1 Å². The van der Waals surface area contributed by atoms with E-state index in [0.717, 1.165) is 29.9 Å². The molecule has 27 heavy (non-hydrogen) atoms. The van der Waals surface area contributed by atoms with E-state index in [9.17, 15) is 4.79 Å². The van der Waals surface area contributed by atoms with Gasteiger partial charge in [0, 0.05) is 45.0 Å². The number of guanidine groups is 1. The SMILES string of the molecule is CN=C(NCC(=O)N(C)CCc1ccccn1)NC1CCC(C(C)C)CC1. The summed E-state index contributed by atoms with van der Waals surface area (Å²) < 4.78 is 0. The van der Waals surface area contributed by atoms with Gasteiger partial charge in [0.25, 0.3) is 0 Å². The average Bonchev–Trinajstić information content (AvgIpc) is 2.70. The zero-order valence-electron chi connectivity index (χ0n) is 17.2. The van der Waals surface area contributed by atoms with Gasteiger partial charge in [-0.2, -0.15) is 0 Å². The average molecular weight is 374 g/mol. The Labute approximate surface area is 163 Å². The second-order valence-corrected chi connectivity index (χ2v) is 7.81. The normalized spacial score (nSPS) is 20.4. The quantitative estimate of drug-likeness (QED) is 0.569. The van der Waals surface area contributed by atoms with Crippen LogP contribution in [0.25, 0.3) is 0 Å². The first-order valence-electron chi connectivity index (χ1n) is 10.1. The van der Waals surface area contributed by atoms with Gasteiger partial charge >= 0.3 is 0 Å². The molecule has 1 aromatic heterocycles. The number of carbonyl (C=O) groups excluding carboxylic acids is 1. The van der Waals surface area contributed by atoms with E-state index in [1.165, 1.54) is 25.7 Å². The van der Waals surface area contributed by atoms with E-state index in [2.05, 4.69) is 34.5 Å². The van der Waals surface area contributed by atoms with Crippen LogP contribution in [0.15, 0.2) is 29.4 Å². The molecule has 0 bridgehead atoms. The van der Waals surface area contributed by atoms with E-state index >= 15 is 0 Å². The number of likely N-dealkylation sites (N-methyl/N-ethyl adjacent to an activating group) is 1. The number of amides is 1. The molecule has 1 heterocycles. The molecular weight excluding hydrogens is 338 g/mol. The van der Waals surface area contributed by atoms with Gasteiger partial charge in [-0.1, -0.05) is 19.9 Å². The van der Waals surface area contributed by atoms with E-state index < -0.39 is 0 Å². The summed E-state index contributed by atoms with van der Waals surface area (Å²) in [6.07, 6.45) is 7.41. The van der Waals surface area contributed by atoms with E-state index in [0.29, 0.717) is 12.6 Å². The largest absolute Gasteiger partial charge is 0.354 e. The number of rotatable bonds is 7. The Morgan fingerprint density at radius 2 is 2.04 bits per heavy atom. The minimum Gasteiger partial charge on any atom is -0.354 e. The number of hydrogen-bond donors (Lipinski definition) is 2. The van der Waals surface area contributed by atoms with Gasteiger partial charge in [-0.3, -0.25) is 14.8 Å². The van der Waals surface area contributed by atoms with Crippen molar-refractivity contribution in [3.63, 3.8) is 0 Å². The van der Waals surface area contributed by atoms with Crippen LogP contribution in [0.1, 0.15) is 45.2 Å². The van der Waals surface area contributed by atoms with Crippen molar-refractivity contribution in [2.24, 2.45) is 16.8 Å². The highest BCUT2D eigenvalue weighted by molar-refractivity contribution is 5.86. The Bertz CT molecular complexity index is 594. The predicted octanol–water partition coefficient (Wildman–Crippen LogP) is 2.46. The molecule has 0 saturated heterocycles. The molecule has 2 rings (SSSR count). The maximum absolute atomic E-state index is 12.4. The van der Waals surface area contributed by atoms with Crippen LogP contribution in [-0.2, 0) is 11.2 Å². The molecule has 0 aromatic carbocycles. The number of carbonyl (C=O) groups is 1. The number of aliphatic imine (C=N–C) groups is 1. The molecule has 1 aliphatic rings. The lowest BCUT2D eigenvalue weighted by Gasteiger charge is -2.32. The van der Waals surface area contributed by atoms with Gasteiger partial charge in [0.05, 0.1) is 6.54 Å². The topological polar surface area (TPSA) is 69.6 Å². The van der Waals surface area contributed by atoms with Gasteiger partial charge in [-0.25, -0.2) is 0 Å². The smallest absolute Gasteiger partial charge is 0.241 e. The third-order valence-electron chi connectivity index (χ3n) is 5.54. The molecule has 6 heteroatoms. The summed E-state index contributed by atoms with van der Waals surface area (Å²) in [5.41, 5.74) is 1.000. The Balaban J connectivity index is 1.69. The van der Waals surface area contributed by atoms with Crippen molar-refractivity contribution < 1.29 is 4.79 Å². The molecule has 150 valence electrons. The summed E-state index contributed by atoms with van der Waals surface area (Å²) >= 11 is 0. The first-order valence-corrected chi connectivity index (χ1v) is 10.1. The van der Waals surface area contributed by atoms with Crippen molar-refractivity contribution in [1.82, 2.24) is 20.5 Å². The molecular formula is C21H35N5O. The summed E-state index contributed by atoms with van der Waals surface area (Å²) in [4.78, 5) is 22.7. The maximum atomic E-state index is 12.4. The van der Waals surface area contributed by atoms with Crippen molar-refractivity contribution in [3.8, 4) is 0 Å². The number of aromatic nitrogens is 1. The van der Waals surface area contributed by atoms with Crippen molar-refractivity contribution in [3.05, 3.63) is 30.1 Å². The fourth-order valence-corrected chi connectivity index (χ4v) is 3.57. The number of nitrogens with zero attached hydrogens (tertiary/aromatic N) is 3. The van der Waals surface area contributed by atoms with Crippen LogP contribution in [0.5, 0.6) is 0 Å². The fourth-order valence-electron chi connectivity index (χ4n) is 3.57. The van der Waals surface area contributed by atoms with Gasteiger partial charge in [0.15, 0.2) is 5.96 Å². The Hall–Kier alpha value is -2.11. The van der Waals surface area contributed by atoms with Crippen LogP contribution < -0.4 is 10.6 Å². The Kier molecular flexibility index (Phi) is 8.55. The predicted molar refractivity (Wildman–Crippen MR) is 111 cm³/mol. The summed E-state index contributed by atoms with van der Waals surface area (Å²) in [5.74, 6) is 2.38. The maximum Gasteiger partial charge on any atom is 0.241 e. The molecule has 2 N–H and O–H groups in total. The molecule has 0 unspecified atom stereocenters. The van der Waals surface area contributed by atoms with Gasteiger partial charge in [0.2, 0.25) is 5.91 Å². The highest BCUT2D eigenvalue weighted by atomic mass is 16.2. The Morgan fingerprint density at radius 3 is 2.63 bits per heavy atom. The first kappa shape index (κ1) is 21.2. The van der Waals surface area contributed by atoms with Crippen molar-refractivity contribution in [1.29, 1.82) is 0 Å². The van der Waals surface area contributed by atoms with E-state index in [-0.39, 0.29) is 12.5 Å². The second-order valence-electron chi connectivity index (χ2n) is 7.81. The van der Waals surface area contributed by atoms with Crippen LogP contribution in [0.3, 0.4) is 0 Å². The molecule has 1 amide bonds. The van der Waals surface area contributed by atoms with Crippen LogP contribution in [0.4, 0.5) is 0 Å². The lowest BCUT2D eigenvalue weighted by atomic mass is 9.80. The summed E-state index contributed by atoms with van der Waals surface area (Å²) in [5, 5.41) is 6.64. The van der Waals surface area contributed by atoms with E-state index in [1.807, 2.05) is 25.2 Å². The number of pyridine rings is 1. The molecule has 1 aromatic rings. The fraction of sp³-hybridized carbons (Fsp3) is 0.667. The second kappa shape index (κ2) is 10.9. The van der Waals surface area contributed by atoms with Gasteiger partial charge in [-0.05, 0) is 49.7 Å². The standard InChI is InChI=1S/C21H35N5O/c1-16(2)17-8-10-19(11-9-17)25-21(22-3)24-15-20(27)26(4)14-12-18-7-5-6-13-23-18/h5-7,13,16-17,19H,8-12,14-15H2,1-4H3,(H2,22,24,25). The van der Waals surface area contributed by atoms with Crippen molar-refractivity contribution in [2.75, 3.05) is 27.2 Å². The molecule has 0 aliphatic heterocycles. The molecule has 0 radical (unpaired) electrons. The van der Waals surface area contributed by atoms with Gasteiger partial charge in [-0.15, -0.1) is 0 Å². The van der Waals surface area contributed by atoms with Crippen molar-refractivity contribution >= 4 is 11.9 Å². The lowest BCUT2D eigenvalue weighted by molar-refractivity contribution is -0.128. The van der Waals surface area contributed by atoms with Gasteiger partial charge in [0.1, 0.15) is 0 Å². The third kappa shape index (κ3) is 7.19. The number of nitrogens with one attached hydrogen (secondary N) is 2. The highest BCUT2D eigenvalue weighted by Crippen LogP contribution is 2.29. The first-order chi connectivity index (χ1) is 13.0. The minimum absolute atomic E-state index is 0.0531. The monoisotopic (exact) mass is 373 g/mol. The zero-order valence-corrected chi connectivity index (χ0v) is 17.2. The minimum atomic E-state index is 0.0531. The molecule has 6 nitrogen and oxygen atoms in total. The molecule has 0 spiro atoms. The molecule has 1 fully saturated rings. The number of hydrogen-bond acceptors (Lipinski definition) is 3. The van der Waals surface area contributed by atoms with Crippen molar-refractivity contribution in [2.45, 2.75) is 52.0 Å². The van der Waals surface area contributed by atoms with E-state index in [4.69, 9.17) is 0 Å². The van der Waals surface area contributed by atoms with Crippen LogP contribution in [0, 0.1) is 11.8 Å². The molecule has 1 saturated carbocycles. The highest BCUT2D eigenvalue weighted by Gasteiger charge is 2.23. The zero-order chi connectivity index (χ0) is 19.6. The van der Waals surface area contributed by atoms with Gasteiger partial charge < -0.3 is 15.5 Å². The lowest BCUT2D eigenvalue weighted by Crippen LogP contribution is -2.48. The summed E-state index contributed by atoms with van der Waals surface area (Å²) in [7, 11) is 3.58. The van der Waals surface area contributed by atoms with Crippen LogP contribution >= 0.6 is 0 Å². The molecule has 1 aliphatic carbocycles. The van der Waals surface area contributed by atoms with Crippen LogP contribution in [0.2, 0.25) is 0 Å². The summed E-state index contributed by atoms with van der Waals surface area (Å²) in [6.45, 7) is 5.53. The Morgan fingerprint density at radius 1 is 1.30 bits per heavy atom. The summed E-state index contributed by atoms with van der Waals surface area (Å²) in [6, 6.07) is 6.30. The third-order valence-corrected chi connectivity index (χ3v) is 5.54. The molecule has 0 atom stereocenters. The van der Waals surface area contributed by atoms with Crippen LogP contribution in [-0.4, -0.2) is 55.0 Å².